The quantitative estimate of drug-likeness (QED) is 0.796. The molecule has 0 saturated carbocycles. The summed E-state index contributed by atoms with van der Waals surface area (Å²) in [6, 6.07) is 4.89. The van der Waals surface area contributed by atoms with Crippen LogP contribution in [0.5, 0.6) is 5.75 Å². The van der Waals surface area contributed by atoms with Crippen LogP contribution in [-0.4, -0.2) is 56.3 Å². The summed E-state index contributed by atoms with van der Waals surface area (Å²) in [7, 11) is 0. The Morgan fingerprint density at radius 3 is 3.00 bits per heavy atom. The lowest BCUT2D eigenvalue weighted by Gasteiger charge is -2.33. The van der Waals surface area contributed by atoms with Gasteiger partial charge in [-0.2, -0.15) is 0 Å². The van der Waals surface area contributed by atoms with Crippen molar-refractivity contribution < 1.29 is 14.3 Å². The first kappa shape index (κ1) is 19.3. The second kappa shape index (κ2) is 9.47. The van der Waals surface area contributed by atoms with Gasteiger partial charge in [0.05, 0.1) is 17.7 Å². The maximum atomic E-state index is 11.9. The number of benzene rings is 1. The lowest BCUT2D eigenvalue weighted by Crippen LogP contribution is -2.48. The fraction of sp³-hybridized carbons (Fsp3) is 0.588. The Kier molecular flexibility index (Phi) is 7.62. The average molecular weight is 375 g/mol. The van der Waals surface area contributed by atoms with Gasteiger partial charge in [-0.3, -0.25) is 9.69 Å². The minimum absolute atomic E-state index is 0.0104. The van der Waals surface area contributed by atoms with Crippen LogP contribution in [0, 0.1) is 5.92 Å². The Balaban J connectivity index is 1.72. The Morgan fingerprint density at radius 1 is 1.46 bits per heavy atom. The summed E-state index contributed by atoms with van der Waals surface area (Å²) in [6.07, 6.45) is 0.0104. The molecule has 1 fully saturated rings. The minimum atomic E-state index is -0.212. The zero-order chi connectivity index (χ0) is 17.5. The first-order valence-electron chi connectivity index (χ1n) is 8.12. The summed E-state index contributed by atoms with van der Waals surface area (Å²) >= 11 is 11.9. The fourth-order valence-corrected chi connectivity index (χ4v) is 2.93. The molecule has 0 bridgehead atoms. The third-order valence-corrected chi connectivity index (χ3v) is 4.17. The summed E-state index contributed by atoms with van der Waals surface area (Å²) in [5, 5.41) is 3.77. The number of rotatable bonds is 7. The first-order valence-corrected chi connectivity index (χ1v) is 8.88. The van der Waals surface area contributed by atoms with E-state index in [-0.39, 0.29) is 18.6 Å². The van der Waals surface area contributed by atoms with E-state index < -0.39 is 0 Å². The molecule has 1 heterocycles. The zero-order valence-corrected chi connectivity index (χ0v) is 15.6. The lowest BCUT2D eigenvalue weighted by molar-refractivity contribution is -0.124. The highest BCUT2D eigenvalue weighted by atomic mass is 35.5. The van der Waals surface area contributed by atoms with Gasteiger partial charge in [0.1, 0.15) is 5.75 Å². The van der Waals surface area contributed by atoms with Crippen molar-refractivity contribution in [2.45, 2.75) is 20.0 Å². The van der Waals surface area contributed by atoms with Crippen LogP contribution in [0.15, 0.2) is 18.2 Å². The second-order valence-corrected chi connectivity index (χ2v) is 7.16. The van der Waals surface area contributed by atoms with Gasteiger partial charge in [-0.05, 0) is 18.1 Å². The number of hydrogen-bond donors (Lipinski definition) is 1. The topological polar surface area (TPSA) is 50.8 Å². The Bertz CT molecular complexity index is 555. The number of halogens is 2. The average Bonchev–Trinajstić information content (AvgIpc) is 2.53. The smallest absolute Gasteiger partial charge is 0.258 e. The summed E-state index contributed by atoms with van der Waals surface area (Å²) < 4.78 is 11.1. The number of carbonyl (C=O) groups excluding carboxylic acids is 1. The van der Waals surface area contributed by atoms with Crippen LogP contribution < -0.4 is 10.1 Å². The number of nitrogens with one attached hydrogen (secondary N) is 1. The number of hydrogen-bond acceptors (Lipinski definition) is 4. The number of morpholine rings is 1. The van der Waals surface area contributed by atoms with Gasteiger partial charge >= 0.3 is 0 Å². The molecule has 0 aromatic heterocycles. The van der Waals surface area contributed by atoms with E-state index in [2.05, 4.69) is 24.1 Å². The fourth-order valence-electron chi connectivity index (χ4n) is 2.60. The van der Waals surface area contributed by atoms with Gasteiger partial charge in [0, 0.05) is 37.3 Å². The molecule has 2 rings (SSSR count). The van der Waals surface area contributed by atoms with Crippen molar-refractivity contribution in [1.29, 1.82) is 0 Å². The van der Waals surface area contributed by atoms with Gasteiger partial charge in [-0.15, -0.1) is 0 Å². The van der Waals surface area contributed by atoms with E-state index in [1.54, 1.807) is 18.2 Å². The standard InChI is InChI=1S/C17H24Cl2N2O3/c1-12(2)9-21-5-6-23-14(10-21)8-20-17(22)11-24-16-7-13(18)3-4-15(16)19/h3-4,7,12,14H,5-6,8-11H2,1-2H3,(H,20,22). The Labute approximate surface area is 153 Å². The highest BCUT2D eigenvalue weighted by molar-refractivity contribution is 6.34. The van der Waals surface area contributed by atoms with Crippen molar-refractivity contribution in [3.05, 3.63) is 28.2 Å². The van der Waals surface area contributed by atoms with Gasteiger partial charge in [0.25, 0.3) is 5.91 Å². The van der Waals surface area contributed by atoms with E-state index >= 15 is 0 Å². The molecular formula is C17H24Cl2N2O3. The summed E-state index contributed by atoms with van der Waals surface area (Å²) in [5.41, 5.74) is 0. The summed E-state index contributed by atoms with van der Waals surface area (Å²) in [5.74, 6) is 0.807. The maximum Gasteiger partial charge on any atom is 0.258 e. The molecule has 1 amide bonds. The predicted molar refractivity (Wildman–Crippen MR) is 96.0 cm³/mol. The third-order valence-electron chi connectivity index (χ3n) is 3.63. The van der Waals surface area contributed by atoms with Gasteiger partial charge in [0.2, 0.25) is 0 Å². The van der Waals surface area contributed by atoms with Gasteiger partial charge in [0.15, 0.2) is 6.61 Å². The van der Waals surface area contributed by atoms with Crippen molar-refractivity contribution >= 4 is 29.1 Å². The maximum absolute atomic E-state index is 11.9. The highest BCUT2D eigenvalue weighted by Gasteiger charge is 2.21. The van der Waals surface area contributed by atoms with E-state index in [4.69, 9.17) is 32.7 Å². The van der Waals surface area contributed by atoms with Gasteiger partial charge in [-0.25, -0.2) is 0 Å². The van der Waals surface area contributed by atoms with Gasteiger partial charge in [-0.1, -0.05) is 37.0 Å². The molecule has 1 saturated heterocycles. The van der Waals surface area contributed by atoms with Crippen LogP contribution >= 0.6 is 23.2 Å². The van der Waals surface area contributed by atoms with E-state index in [9.17, 15) is 4.79 Å². The van der Waals surface area contributed by atoms with Crippen molar-refractivity contribution in [3.63, 3.8) is 0 Å². The molecule has 1 aliphatic heterocycles. The summed E-state index contributed by atoms with van der Waals surface area (Å²) in [4.78, 5) is 14.3. The lowest BCUT2D eigenvalue weighted by atomic mass is 10.2. The molecule has 1 N–H and O–H groups in total. The molecule has 1 atom stereocenters. The van der Waals surface area contributed by atoms with Crippen LogP contribution in [0.1, 0.15) is 13.8 Å². The van der Waals surface area contributed by atoms with Crippen molar-refractivity contribution in [2.24, 2.45) is 5.92 Å². The van der Waals surface area contributed by atoms with Crippen LogP contribution in [0.3, 0.4) is 0 Å². The molecule has 5 nitrogen and oxygen atoms in total. The molecule has 1 aromatic rings. The van der Waals surface area contributed by atoms with Crippen LogP contribution in [0.4, 0.5) is 0 Å². The predicted octanol–water partition coefficient (Wildman–Crippen LogP) is 2.85. The van der Waals surface area contributed by atoms with Crippen LogP contribution in [0.2, 0.25) is 10.0 Å². The molecule has 24 heavy (non-hydrogen) atoms. The van der Waals surface area contributed by atoms with E-state index in [1.165, 1.54) is 0 Å². The number of nitrogens with zero attached hydrogens (tertiary/aromatic N) is 1. The van der Waals surface area contributed by atoms with E-state index in [0.29, 0.717) is 34.9 Å². The Hall–Kier alpha value is -1.01. The normalized spacial score (nSPS) is 18.6. The molecule has 1 unspecified atom stereocenters. The number of ether oxygens (including phenoxy) is 2. The monoisotopic (exact) mass is 374 g/mol. The molecule has 7 heteroatoms. The highest BCUT2D eigenvalue weighted by Crippen LogP contribution is 2.27. The zero-order valence-electron chi connectivity index (χ0n) is 14.1. The molecule has 1 aliphatic rings. The third kappa shape index (κ3) is 6.48. The SMILES string of the molecule is CC(C)CN1CCOC(CNC(=O)COc2cc(Cl)ccc2Cl)C1. The van der Waals surface area contributed by atoms with Crippen molar-refractivity contribution in [3.8, 4) is 5.75 Å². The first-order chi connectivity index (χ1) is 11.4. The van der Waals surface area contributed by atoms with Crippen LogP contribution in [-0.2, 0) is 9.53 Å². The second-order valence-electron chi connectivity index (χ2n) is 6.31. The summed E-state index contributed by atoms with van der Waals surface area (Å²) in [6.45, 7) is 8.28. The van der Waals surface area contributed by atoms with Crippen molar-refractivity contribution in [1.82, 2.24) is 10.2 Å². The number of amides is 1. The molecule has 134 valence electrons. The molecule has 0 spiro atoms. The minimum Gasteiger partial charge on any atom is -0.482 e. The van der Waals surface area contributed by atoms with E-state index in [1.807, 2.05) is 0 Å². The molecular weight excluding hydrogens is 351 g/mol. The van der Waals surface area contributed by atoms with Gasteiger partial charge < -0.3 is 14.8 Å². The molecule has 0 radical (unpaired) electrons. The van der Waals surface area contributed by atoms with Crippen molar-refractivity contribution in [2.75, 3.05) is 39.4 Å². The molecule has 0 aliphatic carbocycles. The van der Waals surface area contributed by atoms with Crippen LogP contribution in [0.25, 0.3) is 0 Å². The molecule has 1 aromatic carbocycles. The number of carbonyl (C=O) groups is 1. The largest absolute Gasteiger partial charge is 0.482 e. The Morgan fingerprint density at radius 2 is 2.25 bits per heavy atom. The van der Waals surface area contributed by atoms with E-state index in [0.717, 1.165) is 19.6 Å².